The molecule has 0 aliphatic rings. The fourth-order valence-corrected chi connectivity index (χ4v) is 1.68. The van der Waals surface area contributed by atoms with Crippen LogP contribution in [0.5, 0.6) is 0 Å². The first-order valence-electron chi connectivity index (χ1n) is 5.54. The van der Waals surface area contributed by atoms with Crippen molar-refractivity contribution < 1.29 is 0 Å². The summed E-state index contributed by atoms with van der Waals surface area (Å²) >= 11 is 0. The highest BCUT2D eigenvalue weighted by Gasteiger charge is 2.11. The highest BCUT2D eigenvalue weighted by Crippen LogP contribution is 2.13. The molecule has 0 atom stereocenters. The second-order valence-electron chi connectivity index (χ2n) is 3.99. The lowest BCUT2D eigenvalue weighted by Gasteiger charge is -2.05. The van der Waals surface area contributed by atoms with Crippen molar-refractivity contribution in [2.24, 2.45) is 10.7 Å². The topological polar surface area (TPSA) is 69.1 Å². The van der Waals surface area contributed by atoms with Gasteiger partial charge in [-0.1, -0.05) is 6.58 Å². The lowest BCUT2D eigenvalue weighted by molar-refractivity contribution is 0.997. The SMILES string of the molecule is C=C(C)N=C(N)c1ncn(-c2ccncc2)c1C. The minimum absolute atomic E-state index is 0.382. The third-order valence-corrected chi connectivity index (χ3v) is 2.50. The van der Waals surface area contributed by atoms with Crippen LogP contribution in [0.25, 0.3) is 5.69 Å². The molecule has 0 radical (unpaired) electrons. The highest BCUT2D eigenvalue weighted by atomic mass is 15.1. The lowest BCUT2D eigenvalue weighted by Crippen LogP contribution is -2.15. The van der Waals surface area contributed by atoms with E-state index in [1.54, 1.807) is 25.6 Å². The summed E-state index contributed by atoms with van der Waals surface area (Å²) < 4.78 is 1.94. The average Bonchev–Trinajstić information content (AvgIpc) is 2.71. The Morgan fingerprint density at radius 2 is 2.06 bits per heavy atom. The van der Waals surface area contributed by atoms with Crippen LogP contribution >= 0.6 is 0 Å². The van der Waals surface area contributed by atoms with Gasteiger partial charge in [0.2, 0.25) is 0 Å². The van der Waals surface area contributed by atoms with Crippen LogP contribution in [-0.2, 0) is 0 Å². The van der Waals surface area contributed by atoms with E-state index < -0.39 is 0 Å². The van der Waals surface area contributed by atoms with Gasteiger partial charge >= 0.3 is 0 Å². The Bertz CT molecular complexity index is 595. The van der Waals surface area contributed by atoms with E-state index in [-0.39, 0.29) is 0 Å². The number of nitrogens with zero attached hydrogens (tertiary/aromatic N) is 4. The molecule has 5 nitrogen and oxygen atoms in total. The van der Waals surface area contributed by atoms with Crippen molar-refractivity contribution in [2.45, 2.75) is 13.8 Å². The Kier molecular flexibility index (Phi) is 3.23. The van der Waals surface area contributed by atoms with Crippen LogP contribution < -0.4 is 5.73 Å². The Morgan fingerprint density at radius 3 is 2.67 bits per heavy atom. The third kappa shape index (κ3) is 2.29. The molecule has 5 heteroatoms. The van der Waals surface area contributed by atoms with E-state index in [2.05, 4.69) is 21.5 Å². The van der Waals surface area contributed by atoms with Crippen molar-refractivity contribution >= 4 is 5.84 Å². The number of hydrogen-bond acceptors (Lipinski definition) is 3. The van der Waals surface area contributed by atoms with Gasteiger partial charge in [0, 0.05) is 23.8 Å². The second-order valence-corrected chi connectivity index (χ2v) is 3.99. The van der Waals surface area contributed by atoms with Crippen LogP contribution in [-0.4, -0.2) is 20.4 Å². The second kappa shape index (κ2) is 4.83. The molecule has 2 aromatic rings. The number of aliphatic imine (C=N–C) groups is 1. The smallest absolute Gasteiger partial charge is 0.151 e. The summed E-state index contributed by atoms with van der Waals surface area (Å²) in [5.74, 6) is 0.382. The molecule has 0 spiro atoms. The Morgan fingerprint density at radius 1 is 1.39 bits per heavy atom. The van der Waals surface area contributed by atoms with E-state index in [1.165, 1.54) is 0 Å². The maximum atomic E-state index is 5.89. The maximum absolute atomic E-state index is 5.89. The molecule has 0 saturated heterocycles. The molecule has 2 heterocycles. The summed E-state index contributed by atoms with van der Waals surface area (Å²) in [5, 5.41) is 0. The zero-order valence-electron chi connectivity index (χ0n) is 10.5. The van der Waals surface area contributed by atoms with Gasteiger partial charge in [0.1, 0.15) is 12.0 Å². The van der Waals surface area contributed by atoms with Gasteiger partial charge in [0.05, 0.1) is 5.69 Å². The lowest BCUT2D eigenvalue weighted by atomic mass is 10.3. The predicted octanol–water partition coefficient (Wildman–Crippen LogP) is 1.81. The van der Waals surface area contributed by atoms with Crippen molar-refractivity contribution in [1.82, 2.24) is 14.5 Å². The first-order valence-corrected chi connectivity index (χ1v) is 5.54. The minimum atomic E-state index is 0.382. The van der Waals surface area contributed by atoms with Crippen molar-refractivity contribution in [3.8, 4) is 5.69 Å². The van der Waals surface area contributed by atoms with Crippen molar-refractivity contribution in [1.29, 1.82) is 0 Å². The van der Waals surface area contributed by atoms with E-state index in [1.807, 2.05) is 23.6 Å². The first kappa shape index (κ1) is 12.0. The standard InChI is InChI=1S/C13H15N5/c1-9(2)17-13(14)12-10(3)18(8-16-12)11-4-6-15-7-5-11/h4-8H,1H2,2-3H3,(H2,14,17). The molecule has 0 saturated carbocycles. The number of hydrogen-bond donors (Lipinski definition) is 1. The van der Waals surface area contributed by atoms with Crippen LogP contribution in [0.15, 0.2) is 48.1 Å². The number of amidine groups is 1. The monoisotopic (exact) mass is 241 g/mol. The van der Waals surface area contributed by atoms with E-state index in [4.69, 9.17) is 5.73 Å². The van der Waals surface area contributed by atoms with Gasteiger partial charge in [-0.05, 0) is 26.0 Å². The Hall–Kier alpha value is -2.43. The van der Waals surface area contributed by atoms with Crippen LogP contribution in [0.3, 0.4) is 0 Å². The molecule has 0 amide bonds. The first-order chi connectivity index (χ1) is 8.59. The Balaban J connectivity index is 2.44. The van der Waals surface area contributed by atoms with Crippen molar-refractivity contribution in [3.05, 3.63) is 54.5 Å². The molecule has 0 fully saturated rings. The van der Waals surface area contributed by atoms with Crippen LogP contribution in [0, 0.1) is 6.92 Å². The molecule has 0 aliphatic carbocycles. The number of pyridine rings is 1. The van der Waals surface area contributed by atoms with Gasteiger partial charge < -0.3 is 10.3 Å². The van der Waals surface area contributed by atoms with E-state index >= 15 is 0 Å². The normalized spacial score (nSPS) is 11.6. The summed E-state index contributed by atoms with van der Waals surface area (Å²) in [6.45, 7) is 7.45. The molecule has 2 rings (SSSR count). The number of nitrogens with two attached hydrogens (primary N) is 1. The van der Waals surface area contributed by atoms with Crippen LogP contribution in [0.2, 0.25) is 0 Å². The van der Waals surface area contributed by atoms with Gasteiger partial charge in [0.15, 0.2) is 5.84 Å². The molecule has 92 valence electrons. The molecule has 0 aliphatic heterocycles. The Labute approximate surface area is 106 Å². The molecule has 0 bridgehead atoms. The molecule has 18 heavy (non-hydrogen) atoms. The molecule has 0 unspecified atom stereocenters. The third-order valence-electron chi connectivity index (χ3n) is 2.50. The summed E-state index contributed by atoms with van der Waals surface area (Å²) in [6.07, 6.45) is 5.19. The van der Waals surface area contributed by atoms with Gasteiger partial charge in [-0.3, -0.25) is 4.98 Å². The largest absolute Gasteiger partial charge is 0.382 e. The number of imidazole rings is 1. The summed E-state index contributed by atoms with van der Waals surface area (Å²) in [6, 6.07) is 3.81. The zero-order valence-corrected chi connectivity index (χ0v) is 10.5. The van der Waals surface area contributed by atoms with Gasteiger partial charge in [-0.15, -0.1) is 0 Å². The van der Waals surface area contributed by atoms with Crippen molar-refractivity contribution in [3.63, 3.8) is 0 Å². The summed E-state index contributed by atoms with van der Waals surface area (Å²) in [7, 11) is 0. The molecular weight excluding hydrogens is 226 g/mol. The van der Waals surface area contributed by atoms with Gasteiger partial charge in [-0.2, -0.15) is 0 Å². The number of aromatic nitrogens is 3. The summed E-state index contributed by atoms with van der Waals surface area (Å²) in [4.78, 5) is 12.4. The highest BCUT2D eigenvalue weighted by molar-refractivity contribution is 5.97. The molecule has 0 aromatic carbocycles. The summed E-state index contributed by atoms with van der Waals surface area (Å²) in [5.41, 5.74) is 9.15. The van der Waals surface area contributed by atoms with E-state index in [0.717, 1.165) is 11.4 Å². The number of allylic oxidation sites excluding steroid dienone is 1. The molecule has 2 N–H and O–H groups in total. The minimum Gasteiger partial charge on any atom is -0.382 e. The molecule has 2 aromatic heterocycles. The zero-order chi connectivity index (χ0) is 13.1. The van der Waals surface area contributed by atoms with Crippen LogP contribution in [0.4, 0.5) is 0 Å². The maximum Gasteiger partial charge on any atom is 0.151 e. The predicted molar refractivity (Wildman–Crippen MR) is 71.6 cm³/mol. The fraction of sp³-hybridized carbons (Fsp3) is 0.154. The fourth-order valence-electron chi connectivity index (χ4n) is 1.68. The number of rotatable bonds is 3. The quantitative estimate of drug-likeness (QED) is 0.658. The van der Waals surface area contributed by atoms with Gasteiger partial charge in [-0.25, -0.2) is 9.98 Å². The molecular formula is C13H15N5. The van der Waals surface area contributed by atoms with Gasteiger partial charge in [0.25, 0.3) is 0 Å². The average molecular weight is 241 g/mol. The van der Waals surface area contributed by atoms with Crippen molar-refractivity contribution in [2.75, 3.05) is 0 Å². The van der Waals surface area contributed by atoms with Crippen LogP contribution in [0.1, 0.15) is 18.3 Å². The van der Waals surface area contributed by atoms with E-state index in [9.17, 15) is 0 Å². The van der Waals surface area contributed by atoms with E-state index in [0.29, 0.717) is 17.2 Å².